The zero-order chi connectivity index (χ0) is 18.3. The summed E-state index contributed by atoms with van der Waals surface area (Å²) in [6.45, 7) is 8.33. The molecule has 0 aromatic carbocycles. The van der Waals surface area contributed by atoms with Gasteiger partial charge in [-0.3, -0.25) is 4.99 Å². The summed E-state index contributed by atoms with van der Waals surface area (Å²) < 4.78 is 7.34. The van der Waals surface area contributed by atoms with Gasteiger partial charge >= 0.3 is 6.09 Å². The van der Waals surface area contributed by atoms with Gasteiger partial charge in [0.15, 0.2) is 11.8 Å². The van der Waals surface area contributed by atoms with Crippen LogP contribution in [-0.2, 0) is 24.2 Å². The van der Waals surface area contributed by atoms with E-state index in [1.807, 2.05) is 20.8 Å². The van der Waals surface area contributed by atoms with Gasteiger partial charge in [-0.1, -0.05) is 0 Å². The van der Waals surface area contributed by atoms with Crippen LogP contribution in [0.25, 0.3) is 0 Å². The van der Waals surface area contributed by atoms with Crippen molar-refractivity contribution in [2.24, 2.45) is 4.99 Å². The summed E-state index contributed by atoms with van der Waals surface area (Å²) in [6, 6.07) is 0. The van der Waals surface area contributed by atoms with Crippen LogP contribution >= 0.6 is 24.0 Å². The lowest BCUT2D eigenvalue weighted by atomic mass is 10.2. The van der Waals surface area contributed by atoms with Crippen molar-refractivity contribution in [3.8, 4) is 0 Å². The highest BCUT2D eigenvalue weighted by Gasteiger charge is 2.17. The van der Waals surface area contributed by atoms with Gasteiger partial charge in [0, 0.05) is 33.1 Å². The number of hydrogen-bond donors (Lipinski definition) is 3. The maximum atomic E-state index is 11.5. The first-order chi connectivity index (χ1) is 11.9. The normalized spacial score (nSPS) is 13.6. The van der Waals surface area contributed by atoms with Gasteiger partial charge in [0.05, 0.1) is 6.54 Å². The third kappa shape index (κ3) is 7.34. The molecule has 1 aromatic rings. The van der Waals surface area contributed by atoms with Crippen molar-refractivity contribution >= 4 is 36.0 Å². The van der Waals surface area contributed by atoms with Crippen LogP contribution in [0.4, 0.5) is 4.79 Å². The topological polar surface area (TPSA) is 105 Å². The zero-order valence-corrected chi connectivity index (χ0v) is 18.3. The van der Waals surface area contributed by atoms with E-state index in [4.69, 9.17) is 4.74 Å². The maximum Gasteiger partial charge on any atom is 0.407 e. The zero-order valence-electron chi connectivity index (χ0n) is 16.0. The molecule has 10 heteroatoms. The Kier molecular flexibility index (Phi) is 9.09. The van der Waals surface area contributed by atoms with Crippen molar-refractivity contribution in [1.29, 1.82) is 0 Å². The van der Waals surface area contributed by atoms with Gasteiger partial charge in [0.1, 0.15) is 11.4 Å². The lowest BCUT2D eigenvalue weighted by molar-refractivity contribution is 0.0527. The molecular formula is C16H30IN7O2. The summed E-state index contributed by atoms with van der Waals surface area (Å²) in [5.41, 5.74) is -0.476. The minimum Gasteiger partial charge on any atom is -0.444 e. The Hall–Kier alpha value is -1.59. The Labute approximate surface area is 171 Å². The molecule has 1 amide bonds. The standard InChI is InChI=1S/C16H29N7O2.HI/c1-16(2,3)25-15(24)19-9-6-8-18-14(17-4)20-11-13-22-21-12-7-5-10-23(12)13;/h5-11H2,1-4H3,(H,19,24)(H2,17,18,20);1H. The molecule has 2 heterocycles. The SMILES string of the molecule is CN=C(NCCCNC(=O)OC(C)(C)C)NCc1nnc2n1CCC2.I. The number of hydrogen-bond acceptors (Lipinski definition) is 5. The van der Waals surface area contributed by atoms with E-state index in [1.165, 1.54) is 0 Å². The first-order valence-corrected chi connectivity index (χ1v) is 8.71. The molecule has 9 nitrogen and oxygen atoms in total. The number of aryl methyl sites for hydroxylation is 1. The molecule has 0 atom stereocenters. The number of guanidine groups is 1. The molecule has 1 aliphatic heterocycles. The Balaban J connectivity index is 0.00000338. The number of carbonyl (C=O) groups is 1. The van der Waals surface area contributed by atoms with E-state index in [0.29, 0.717) is 25.6 Å². The van der Waals surface area contributed by atoms with E-state index in [-0.39, 0.29) is 24.0 Å². The minimum absolute atomic E-state index is 0. The Bertz CT molecular complexity index is 610. The van der Waals surface area contributed by atoms with E-state index >= 15 is 0 Å². The second-order valence-corrected chi connectivity index (χ2v) is 6.92. The van der Waals surface area contributed by atoms with Gasteiger partial charge in [-0.2, -0.15) is 0 Å². The fourth-order valence-corrected chi connectivity index (χ4v) is 2.52. The molecule has 148 valence electrons. The van der Waals surface area contributed by atoms with Crippen molar-refractivity contribution in [3.63, 3.8) is 0 Å². The van der Waals surface area contributed by atoms with Crippen LogP contribution in [-0.4, -0.2) is 52.6 Å². The van der Waals surface area contributed by atoms with E-state index in [1.54, 1.807) is 7.05 Å². The monoisotopic (exact) mass is 479 g/mol. The van der Waals surface area contributed by atoms with E-state index < -0.39 is 11.7 Å². The summed E-state index contributed by atoms with van der Waals surface area (Å²) in [6.07, 6.45) is 2.51. The predicted octanol–water partition coefficient (Wildman–Crippen LogP) is 1.42. The molecule has 0 spiro atoms. The molecule has 0 radical (unpaired) electrons. The summed E-state index contributed by atoms with van der Waals surface area (Å²) >= 11 is 0. The van der Waals surface area contributed by atoms with Crippen molar-refractivity contribution in [1.82, 2.24) is 30.7 Å². The first kappa shape index (κ1) is 22.5. The van der Waals surface area contributed by atoms with Gasteiger partial charge < -0.3 is 25.3 Å². The fraction of sp³-hybridized carbons (Fsp3) is 0.750. The number of fused-ring (bicyclic) bond motifs is 1. The number of rotatable bonds is 6. The van der Waals surface area contributed by atoms with Crippen molar-refractivity contribution in [3.05, 3.63) is 11.6 Å². The van der Waals surface area contributed by atoms with E-state index in [0.717, 1.165) is 37.5 Å². The second kappa shape index (κ2) is 10.5. The molecule has 1 aromatic heterocycles. The molecule has 0 bridgehead atoms. The minimum atomic E-state index is -0.476. The molecule has 0 unspecified atom stereocenters. The summed E-state index contributed by atoms with van der Waals surface area (Å²) in [5.74, 6) is 2.70. The van der Waals surface area contributed by atoms with Gasteiger partial charge in [0.2, 0.25) is 0 Å². The van der Waals surface area contributed by atoms with Gasteiger partial charge in [-0.05, 0) is 33.6 Å². The Morgan fingerprint density at radius 2 is 1.96 bits per heavy atom. The van der Waals surface area contributed by atoms with Crippen molar-refractivity contribution in [2.75, 3.05) is 20.1 Å². The Morgan fingerprint density at radius 3 is 2.65 bits per heavy atom. The molecule has 0 saturated carbocycles. The number of nitrogens with one attached hydrogen (secondary N) is 3. The highest BCUT2D eigenvalue weighted by molar-refractivity contribution is 14.0. The Morgan fingerprint density at radius 1 is 1.23 bits per heavy atom. The number of halogens is 1. The van der Waals surface area contributed by atoms with E-state index in [9.17, 15) is 4.79 Å². The average Bonchev–Trinajstić information content (AvgIpc) is 3.12. The molecule has 0 aliphatic carbocycles. The lowest BCUT2D eigenvalue weighted by Crippen LogP contribution is -2.39. The number of carbonyl (C=O) groups excluding carboxylic acids is 1. The predicted molar refractivity (Wildman–Crippen MR) is 111 cm³/mol. The number of aromatic nitrogens is 3. The summed E-state index contributed by atoms with van der Waals surface area (Å²) in [7, 11) is 1.72. The number of alkyl carbamates (subject to hydrolysis) is 1. The van der Waals surface area contributed by atoms with Crippen LogP contribution in [0.3, 0.4) is 0 Å². The summed E-state index contributed by atoms with van der Waals surface area (Å²) in [4.78, 5) is 15.7. The second-order valence-electron chi connectivity index (χ2n) is 6.92. The third-order valence-electron chi connectivity index (χ3n) is 3.64. The largest absolute Gasteiger partial charge is 0.444 e. The fourth-order valence-electron chi connectivity index (χ4n) is 2.52. The summed E-state index contributed by atoms with van der Waals surface area (Å²) in [5, 5.41) is 17.6. The molecule has 2 rings (SSSR count). The molecular weight excluding hydrogens is 449 g/mol. The van der Waals surface area contributed by atoms with Crippen LogP contribution in [0.1, 0.15) is 45.3 Å². The highest BCUT2D eigenvalue weighted by Crippen LogP contribution is 2.13. The van der Waals surface area contributed by atoms with Crippen LogP contribution in [0.15, 0.2) is 4.99 Å². The van der Waals surface area contributed by atoms with E-state index in [2.05, 4.69) is 35.7 Å². The highest BCUT2D eigenvalue weighted by atomic mass is 127. The van der Waals surface area contributed by atoms with Crippen LogP contribution in [0, 0.1) is 0 Å². The van der Waals surface area contributed by atoms with Crippen LogP contribution in [0.2, 0.25) is 0 Å². The van der Waals surface area contributed by atoms with Crippen LogP contribution in [0.5, 0.6) is 0 Å². The molecule has 0 fully saturated rings. The van der Waals surface area contributed by atoms with Crippen molar-refractivity contribution in [2.45, 2.75) is 58.7 Å². The smallest absolute Gasteiger partial charge is 0.407 e. The lowest BCUT2D eigenvalue weighted by Gasteiger charge is -2.19. The molecule has 1 aliphatic rings. The maximum absolute atomic E-state index is 11.5. The number of aliphatic imine (C=N–C) groups is 1. The quantitative estimate of drug-likeness (QED) is 0.247. The van der Waals surface area contributed by atoms with Gasteiger partial charge in [-0.15, -0.1) is 34.2 Å². The molecule has 3 N–H and O–H groups in total. The van der Waals surface area contributed by atoms with Crippen LogP contribution < -0.4 is 16.0 Å². The van der Waals surface area contributed by atoms with Crippen molar-refractivity contribution < 1.29 is 9.53 Å². The third-order valence-corrected chi connectivity index (χ3v) is 3.64. The average molecular weight is 479 g/mol. The molecule has 0 saturated heterocycles. The number of amides is 1. The van der Waals surface area contributed by atoms with Gasteiger partial charge in [-0.25, -0.2) is 4.79 Å². The number of ether oxygens (including phenoxy) is 1. The van der Waals surface area contributed by atoms with Gasteiger partial charge in [0.25, 0.3) is 0 Å². The molecule has 26 heavy (non-hydrogen) atoms. The first-order valence-electron chi connectivity index (χ1n) is 8.71. The number of nitrogens with zero attached hydrogens (tertiary/aromatic N) is 4.